The van der Waals surface area contributed by atoms with Crippen LogP contribution < -0.4 is 10.1 Å². The van der Waals surface area contributed by atoms with Gasteiger partial charge < -0.3 is 14.9 Å². The lowest BCUT2D eigenvalue weighted by molar-refractivity contribution is -0.307. The van der Waals surface area contributed by atoms with E-state index in [0.29, 0.717) is 22.2 Å². The Morgan fingerprint density at radius 2 is 2.21 bits per heavy atom. The van der Waals surface area contributed by atoms with Crippen molar-refractivity contribution in [1.29, 1.82) is 0 Å². The summed E-state index contributed by atoms with van der Waals surface area (Å²) in [5.74, 6) is -2.35. The highest BCUT2D eigenvalue weighted by atomic mass is 32.1. The van der Waals surface area contributed by atoms with Crippen molar-refractivity contribution >= 4 is 50.0 Å². The van der Waals surface area contributed by atoms with Crippen molar-refractivity contribution in [3.05, 3.63) is 42.5 Å². The van der Waals surface area contributed by atoms with Gasteiger partial charge in [0.05, 0.1) is 34.3 Å². The molecule has 10 heteroatoms. The molecule has 0 fully saturated rings. The summed E-state index contributed by atoms with van der Waals surface area (Å²) in [6.45, 7) is 3.35. The van der Waals surface area contributed by atoms with E-state index in [-0.39, 0.29) is 12.3 Å². The Hall–Kier alpha value is -3.40. The first kappa shape index (κ1) is 18.9. The number of nitrogens with one attached hydrogen (secondary N) is 1. The summed E-state index contributed by atoms with van der Waals surface area (Å²) in [6, 6.07) is 6.46. The number of amides is 1. The molecule has 0 saturated heterocycles. The molecule has 1 N–H and O–H groups in total. The van der Waals surface area contributed by atoms with Gasteiger partial charge in [-0.3, -0.25) is 9.79 Å². The molecule has 4 rings (SSSR count). The van der Waals surface area contributed by atoms with Crippen molar-refractivity contribution in [2.45, 2.75) is 26.3 Å². The van der Waals surface area contributed by atoms with Crippen LogP contribution in [-0.4, -0.2) is 44.3 Å². The number of aromatic amines is 1. The van der Waals surface area contributed by atoms with Crippen LogP contribution in [0.3, 0.4) is 0 Å². The Morgan fingerprint density at radius 3 is 2.90 bits per heavy atom. The Bertz CT molecular complexity index is 1100. The summed E-state index contributed by atoms with van der Waals surface area (Å²) in [4.78, 5) is 40.0. The van der Waals surface area contributed by atoms with Crippen LogP contribution in [0.1, 0.15) is 19.5 Å². The first-order valence-corrected chi connectivity index (χ1v) is 9.72. The summed E-state index contributed by atoms with van der Waals surface area (Å²) in [7, 11) is 0. The molecule has 2 atom stereocenters. The third kappa shape index (κ3) is 3.66. The third-order valence-electron chi connectivity index (χ3n) is 4.61. The van der Waals surface area contributed by atoms with E-state index in [1.807, 2.05) is 24.3 Å². The van der Waals surface area contributed by atoms with E-state index in [2.05, 4.69) is 25.0 Å². The van der Waals surface area contributed by atoms with Crippen molar-refractivity contribution < 1.29 is 14.7 Å². The number of carboxylic acid groups (broad SMARTS) is 1. The van der Waals surface area contributed by atoms with Gasteiger partial charge in [0.1, 0.15) is 5.92 Å². The van der Waals surface area contributed by atoms with E-state index in [1.165, 1.54) is 28.9 Å². The van der Waals surface area contributed by atoms with Crippen LogP contribution in [0.15, 0.2) is 46.9 Å². The van der Waals surface area contributed by atoms with Crippen LogP contribution in [0, 0.1) is 5.92 Å². The largest absolute Gasteiger partial charge is 0.548 e. The Kier molecular flexibility index (Phi) is 4.93. The minimum absolute atomic E-state index is 0.0956. The minimum atomic E-state index is -1.32. The molecule has 29 heavy (non-hydrogen) atoms. The molecule has 2 aromatic heterocycles. The number of rotatable bonds is 6. The van der Waals surface area contributed by atoms with E-state index in [4.69, 9.17) is 0 Å². The predicted molar refractivity (Wildman–Crippen MR) is 108 cm³/mol. The number of aliphatic carboxylic acids is 1. The van der Waals surface area contributed by atoms with Crippen LogP contribution >= 0.6 is 11.3 Å². The van der Waals surface area contributed by atoms with Gasteiger partial charge in [0.25, 0.3) is 5.91 Å². The number of hydrazone groups is 1. The third-order valence-corrected chi connectivity index (χ3v) is 5.62. The molecule has 148 valence electrons. The zero-order valence-electron chi connectivity index (χ0n) is 15.7. The number of thiazole rings is 1. The van der Waals surface area contributed by atoms with Gasteiger partial charge in [0.15, 0.2) is 0 Å². The van der Waals surface area contributed by atoms with Gasteiger partial charge in [-0.1, -0.05) is 23.5 Å². The van der Waals surface area contributed by atoms with Crippen LogP contribution in [0.25, 0.3) is 10.2 Å². The SMILES string of the molecule is CC(=N[C@H](Cc1cnc[nH]1)C(=O)[O-])[C@@H]1C(=O)N(c2nc3ccccc3s2)N=C1C. The number of carbonyl (C=O) groups is 2. The fourth-order valence-electron chi connectivity index (χ4n) is 3.24. The average Bonchev–Trinajstić information content (AvgIpc) is 3.39. The lowest BCUT2D eigenvalue weighted by Gasteiger charge is -2.17. The highest BCUT2D eigenvalue weighted by molar-refractivity contribution is 7.22. The highest BCUT2D eigenvalue weighted by Gasteiger charge is 2.38. The molecule has 0 bridgehead atoms. The van der Waals surface area contributed by atoms with E-state index in [1.54, 1.807) is 13.8 Å². The average molecular weight is 409 g/mol. The van der Waals surface area contributed by atoms with Gasteiger partial charge in [0.2, 0.25) is 5.13 Å². The fraction of sp³-hybridized carbons (Fsp3) is 0.263. The summed E-state index contributed by atoms with van der Waals surface area (Å²) in [5.41, 5.74) is 2.32. The number of hydrogen-bond acceptors (Lipinski definition) is 8. The molecule has 0 aliphatic carbocycles. The molecule has 1 aliphatic rings. The normalized spacial score (nSPS) is 18.3. The van der Waals surface area contributed by atoms with E-state index < -0.39 is 17.9 Å². The molecule has 0 spiro atoms. The molecular formula is C19H17N6O3S-. The quantitative estimate of drug-likeness (QED) is 0.612. The number of nitrogens with zero attached hydrogens (tertiary/aromatic N) is 5. The Balaban J connectivity index is 1.59. The monoisotopic (exact) mass is 409 g/mol. The topological polar surface area (TPSA) is 127 Å². The number of H-pyrrole nitrogens is 1. The Labute approximate surface area is 169 Å². The molecule has 0 saturated carbocycles. The second kappa shape index (κ2) is 7.55. The molecule has 0 unspecified atom stereocenters. The number of carbonyl (C=O) groups excluding carboxylic acids is 2. The van der Waals surface area contributed by atoms with Gasteiger partial charge in [0, 0.05) is 24.0 Å². The fourth-order valence-corrected chi connectivity index (χ4v) is 4.16. The van der Waals surface area contributed by atoms with E-state index in [9.17, 15) is 14.7 Å². The number of imidazole rings is 1. The molecule has 1 aromatic carbocycles. The second-order valence-electron chi connectivity index (χ2n) is 6.67. The van der Waals surface area contributed by atoms with Crippen LogP contribution in [0.4, 0.5) is 5.13 Å². The van der Waals surface area contributed by atoms with E-state index >= 15 is 0 Å². The lowest BCUT2D eigenvalue weighted by atomic mass is 9.99. The number of fused-ring (bicyclic) bond motifs is 1. The number of aromatic nitrogens is 3. The predicted octanol–water partition coefficient (Wildman–Crippen LogP) is 1.18. The molecule has 0 radical (unpaired) electrons. The maximum absolute atomic E-state index is 13.0. The van der Waals surface area contributed by atoms with Crippen LogP contribution in [0.5, 0.6) is 0 Å². The van der Waals surface area contributed by atoms with Crippen molar-refractivity contribution in [3.63, 3.8) is 0 Å². The molecule has 9 nitrogen and oxygen atoms in total. The second-order valence-corrected chi connectivity index (χ2v) is 7.68. The molecule has 3 aromatic rings. The lowest BCUT2D eigenvalue weighted by Crippen LogP contribution is -2.38. The summed E-state index contributed by atoms with van der Waals surface area (Å²) in [6.07, 6.45) is 3.09. The zero-order valence-corrected chi connectivity index (χ0v) is 16.5. The molecular weight excluding hydrogens is 392 g/mol. The Morgan fingerprint density at radius 1 is 1.41 bits per heavy atom. The van der Waals surface area contributed by atoms with Crippen molar-refractivity contribution in [1.82, 2.24) is 15.0 Å². The number of benzene rings is 1. The first-order chi connectivity index (χ1) is 13.9. The number of anilines is 1. The maximum Gasteiger partial charge on any atom is 0.264 e. The number of para-hydroxylation sites is 1. The van der Waals surface area contributed by atoms with Crippen molar-refractivity contribution in [3.8, 4) is 0 Å². The number of aliphatic imine (C=N–C) groups is 1. The summed E-state index contributed by atoms with van der Waals surface area (Å²) in [5, 5.41) is 17.6. The van der Waals surface area contributed by atoms with E-state index in [0.717, 1.165) is 10.2 Å². The van der Waals surface area contributed by atoms with Gasteiger partial charge in [-0.05, 0) is 26.0 Å². The van der Waals surface area contributed by atoms with Crippen LogP contribution in [0.2, 0.25) is 0 Å². The van der Waals surface area contributed by atoms with Gasteiger partial charge in [-0.15, -0.1) is 0 Å². The summed E-state index contributed by atoms with van der Waals surface area (Å²) >= 11 is 1.37. The number of carboxylic acids is 1. The first-order valence-electron chi connectivity index (χ1n) is 8.91. The number of hydrogen-bond donors (Lipinski definition) is 1. The molecule has 3 heterocycles. The molecule has 1 amide bonds. The minimum Gasteiger partial charge on any atom is -0.548 e. The summed E-state index contributed by atoms with van der Waals surface area (Å²) < 4.78 is 0.952. The van der Waals surface area contributed by atoms with Gasteiger partial charge >= 0.3 is 0 Å². The molecule has 1 aliphatic heterocycles. The van der Waals surface area contributed by atoms with Crippen molar-refractivity contribution in [2.75, 3.05) is 5.01 Å². The van der Waals surface area contributed by atoms with Gasteiger partial charge in [-0.25, -0.2) is 9.97 Å². The highest BCUT2D eigenvalue weighted by Crippen LogP contribution is 2.32. The zero-order chi connectivity index (χ0) is 20.5. The van der Waals surface area contributed by atoms with Gasteiger partial charge in [-0.2, -0.15) is 10.1 Å². The van der Waals surface area contributed by atoms with Crippen LogP contribution in [-0.2, 0) is 16.0 Å². The maximum atomic E-state index is 13.0. The standard InChI is InChI=1S/C19H18N6O3S/c1-10(22-14(18(27)28)7-12-8-20-9-21-12)16-11(2)24-25(17(16)26)19-23-13-5-3-4-6-15(13)29-19/h3-6,8-9,14,16H,7H2,1-2H3,(H,20,21)(H,27,28)/p-1/t14-,16+/m1/s1. The smallest absolute Gasteiger partial charge is 0.264 e. The van der Waals surface area contributed by atoms with Crippen molar-refractivity contribution in [2.24, 2.45) is 16.0 Å².